The zero-order valence-electron chi connectivity index (χ0n) is 17.1. The van der Waals surface area contributed by atoms with E-state index in [1.54, 1.807) is 24.0 Å². The highest BCUT2D eigenvalue weighted by atomic mass is 32.2. The van der Waals surface area contributed by atoms with Crippen molar-refractivity contribution in [1.82, 2.24) is 9.62 Å². The molecule has 0 bridgehead atoms. The van der Waals surface area contributed by atoms with Crippen molar-refractivity contribution in [2.75, 3.05) is 19.6 Å². The van der Waals surface area contributed by atoms with Gasteiger partial charge in [-0.15, -0.1) is 0 Å². The van der Waals surface area contributed by atoms with Crippen LogP contribution in [0.2, 0.25) is 0 Å². The number of sulfonamides is 1. The minimum absolute atomic E-state index is 0.0658. The lowest BCUT2D eigenvalue weighted by Crippen LogP contribution is -2.46. The Morgan fingerprint density at radius 1 is 1.14 bits per heavy atom. The number of morpholine rings is 1. The molecular formula is C22H28N2O4S. The molecule has 1 aliphatic heterocycles. The standard InChI is InChI=1S/C22H28N2O4S/c1-16-9-10-17(2)21(13-16)29(26,27)23-12-11-22(25)24-14-18(3)28-20(15-24)19-7-5-4-6-8-19/h4-10,13,18,20,23H,11-12,14-15H2,1-3H3. The first-order chi connectivity index (χ1) is 13.8. The molecule has 0 spiro atoms. The van der Waals surface area contributed by atoms with Crippen LogP contribution in [0.4, 0.5) is 0 Å². The second kappa shape index (κ2) is 9.07. The molecule has 1 fully saturated rings. The van der Waals surface area contributed by atoms with Gasteiger partial charge in [0, 0.05) is 19.5 Å². The van der Waals surface area contributed by atoms with Gasteiger partial charge in [-0.25, -0.2) is 13.1 Å². The van der Waals surface area contributed by atoms with Gasteiger partial charge in [-0.05, 0) is 43.5 Å². The Kier molecular flexibility index (Phi) is 6.72. The van der Waals surface area contributed by atoms with Crippen LogP contribution in [0.3, 0.4) is 0 Å². The minimum atomic E-state index is -3.65. The molecule has 1 saturated heterocycles. The SMILES string of the molecule is Cc1ccc(C)c(S(=O)(=O)NCCC(=O)N2CC(C)OC(c3ccccc3)C2)c1. The number of hydrogen-bond donors (Lipinski definition) is 1. The van der Waals surface area contributed by atoms with Gasteiger partial charge in [0.2, 0.25) is 15.9 Å². The number of carbonyl (C=O) groups excluding carboxylic acids is 1. The summed E-state index contributed by atoms with van der Waals surface area (Å²) in [5, 5.41) is 0. The van der Waals surface area contributed by atoms with Gasteiger partial charge in [-0.3, -0.25) is 4.79 Å². The smallest absolute Gasteiger partial charge is 0.240 e. The Balaban J connectivity index is 1.59. The average Bonchev–Trinajstić information content (AvgIpc) is 2.69. The monoisotopic (exact) mass is 416 g/mol. The molecule has 2 aromatic carbocycles. The molecule has 0 aliphatic carbocycles. The lowest BCUT2D eigenvalue weighted by Gasteiger charge is -2.37. The maximum Gasteiger partial charge on any atom is 0.240 e. The molecule has 156 valence electrons. The first-order valence-electron chi connectivity index (χ1n) is 9.81. The highest BCUT2D eigenvalue weighted by molar-refractivity contribution is 7.89. The number of nitrogens with one attached hydrogen (secondary N) is 1. The number of rotatable bonds is 6. The third-order valence-corrected chi connectivity index (χ3v) is 6.65. The molecule has 3 rings (SSSR count). The van der Waals surface area contributed by atoms with Crippen molar-refractivity contribution in [3.63, 3.8) is 0 Å². The topological polar surface area (TPSA) is 75.7 Å². The lowest BCUT2D eigenvalue weighted by molar-refractivity contribution is -0.144. The van der Waals surface area contributed by atoms with Crippen molar-refractivity contribution in [3.8, 4) is 0 Å². The number of ether oxygens (including phenoxy) is 1. The first kappa shape index (κ1) is 21.5. The van der Waals surface area contributed by atoms with Gasteiger partial charge in [0.1, 0.15) is 6.10 Å². The van der Waals surface area contributed by atoms with Gasteiger partial charge in [0.15, 0.2) is 0 Å². The molecule has 0 aromatic heterocycles. The average molecular weight is 417 g/mol. The van der Waals surface area contributed by atoms with Gasteiger partial charge >= 0.3 is 0 Å². The normalized spacial score (nSPS) is 19.9. The Hall–Kier alpha value is -2.22. The van der Waals surface area contributed by atoms with Crippen LogP contribution in [0.5, 0.6) is 0 Å². The second-order valence-electron chi connectivity index (χ2n) is 7.56. The van der Waals surface area contributed by atoms with Crippen molar-refractivity contribution in [3.05, 3.63) is 65.2 Å². The first-order valence-corrected chi connectivity index (χ1v) is 11.3. The predicted octanol–water partition coefficient (Wildman–Crippen LogP) is 2.96. The largest absolute Gasteiger partial charge is 0.367 e. The summed E-state index contributed by atoms with van der Waals surface area (Å²) < 4.78 is 33.7. The van der Waals surface area contributed by atoms with Crippen LogP contribution in [0.1, 0.15) is 36.1 Å². The summed E-state index contributed by atoms with van der Waals surface area (Å²) >= 11 is 0. The van der Waals surface area contributed by atoms with Crippen molar-refractivity contribution in [1.29, 1.82) is 0 Å². The van der Waals surface area contributed by atoms with E-state index >= 15 is 0 Å². The Bertz CT molecular complexity index is 960. The van der Waals surface area contributed by atoms with Crippen LogP contribution in [-0.4, -0.2) is 45.0 Å². The van der Waals surface area contributed by atoms with Crippen molar-refractivity contribution in [2.24, 2.45) is 0 Å². The summed E-state index contributed by atoms with van der Waals surface area (Å²) in [4.78, 5) is 14.7. The van der Waals surface area contributed by atoms with E-state index in [1.165, 1.54) is 0 Å². The molecule has 2 atom stereocenters. The summed E-state index contributed by atoms with van der Waals surface area (Å²) in [5.41, 5.74) is 2.59. The molecule has 1 N–H and O–H groups in total. The van der Waals surface area contributed by atoms with Gasteiger partial charge in [-0.1, -0.05) is 42.5 Å². The molecule has 1 heterocycles. The zero-order valence-corrected chi connectivity index (χ0v) is 17.9. The number of benzene rings is 2. The third-order valence-electron chi connectivity index (χ3n) is 5.05. The number of hydrogen-bond acceptors (Lipinski definition) is 4. The summed E-state index contributed by atoms with van der Waals surface area (Å²) in [5.74, 6) is -0.0789. The van der Waals surface area contributed by atoms with E-state index in [0.29, 0.717) is 18.7 Å². The van der Waals surface area contributed by atoms with E-state index < -0.39 is 10.0 Å². The van der Waals surface area contributed by atoms with E-state index in [4.69, 9.17) is 4.74 Å². The lowest BCUT2D eigenvalue weighted by atomic mass is 10.1. The van der Waals surface area contributed by atoms with Gasteiger partial charge in [0.05, 0.1) is 17.5 Å². The molecule has 2 aromatic rings. The summed E-state index contributed by atoms with van der Waals surface area (Å²) in [6.07, 6.45) is -0.140. The summed E-state index contributed by atoms with van der Waals surface area (Å²) in [7, 11) is -3.65. The minimum Gasteiger partial charge on any atom is -0.367 e. The molecule has 1 amide bonds. The van der Waals surface area contributed by atoms with Gasteiger partial charge in [-0.2, -0.15) is 0 Å². The number of aryl methyl sites for hydroxylation is 2. The highest BCUT2D eigenvalue weighted by Gasteiger charge is 2.29. The Labute approximate surface area is 172 Å². The van der Waals surface area contributed by atoms with E-state index in [2.05, 4.69) is 4.72 Å². The predicted molar refractivity (Wildman–Crippen MR) is 112 cm³/mol. The maximum absolute atomic E-state index is 12.7. The fourth-order valence-corrected chi connectivity index (χ4v) is 4.89. The zero-order chi connectivity index (χ0) is 21.0. The van der Waals surface area contributed by atoms with Crippen LogP contribution < -0.4 is 4.72 Å². The van der Waals surface area contributed by atoms with Crippen molar-refractivity contribution >= 4 is 15.9 Å². The summed E-state index contributed by atoms with van der Waals surface area (Å²) in [6.45, 7) is 6.60. The molecule has 0 radical (unpaired) electrons. The van der Waals surface area contributed by atoms with Crippen LogP contribution in [0, 0.1) is 13.8 Å². The van der Waals surface area contributed by atoms with E-state index in [0.717, 1.165) is 11.1 Å². The molecule has 29 heavy (non-hydrogen) atoms. The maximum atomic E-state index is 12.7. The van der Waals surface area contributed by atoms with E-state index in [-0.39, 0.29) is 36.0 Å². The number of amides is 1. The highest BCUT2D eigenvalue weighted by Crippen LogP contribution is 2.25. The van der Waals surface area contributed by atoms with Gasteiger partial charge < -0.3 is 9.64 Å². The van der Waals surface area contributed by atoms with Crippen molar-refractivity contribution < 1.29 is 17.9 Å². The number of nitrogens with zero attached hydrogens (tertiary/aromatic N) is 1. The Morgan fingerprint density at radius 3 is 2.59 bits per heavy atom. The molecule has 2 unspecified atom stereocenters. The van der Waals surface area contributed by atoms with Gasteiger partial charge in [0.25, 0.3) is 0 Å². The van der Waals surface area contributed by atoms with Crippen molar-refractivity contribution in [2.45, 2.75) is 44.3 Å². The fourth-order valence-electron chi connectivity index (χ4n) is 3.53. The molecule has 0 saturated carbocycles. The van der Waals surface area contributed by atoms with Crippen LogP contribution in [-0.2, 0) is 19.6 Å². The van der Waals surface area contributed by atoms with E-state index in [9.17, 15) is 13.2 Å². The van der Waals surface area contributed by atoms with E-state index in [1.807, 2.05) is 50.2 Å². The molecular weight excluding hydrogens is 388 g/mol. The molecule has 6 nitrogen and oxygen atoms in total. The van der Waals surface area contributed by atoms with Crippen LogP contribution in [0.25, 0.3) is 0 Å². The quantitative estimate of drug-likeness (QED) is 0.786. The number of carbonyl (C=O) groups is 1. The van der Waals surface area contributed by atoms with Crippen LogP contribution >= 0.6 is 0 Å². The van der Waals surface area contributed by atoms with Crippen LogP contribution in [0.15, 0.2) is 53.4 Å². The second-order valence-corrected chi connectivity index (χ2v) is 9.30. The summed E-state index contributed by atoms with van der Waals surface area (Å²) in [6, 6.07) is 15.1. The fraction of sp³-hybridized carbons (Fsp3) is 0.409. The molecule has 1 aliphatic rings. The molecule has 7 heteroatoms. The Morgan fingerprint density at radius 2 is 1.86 bits per heavy atom. The third kappa shape index (κ3) is 5.44.